The molecule has 2 aliphatic rings. The van der Waals surface area contributed by atoms with Crippen LogP contribution in [0.5, 0.6) is 0 Å². The van der Waals surface area contributed by atoms with Gasteiger partial charge in [0.1, 0.15) is 5.25 Å². The van der Waals surface area contributed by atoms with E-state index in [9.17, 15) is 18.3 Å². The predicted octanol–water partition coefficient (Wildman–Crippen LogP) is 0.951. The molecule has 2 rings (SSSR count). The van der Waals surface area contributed by atoms with E-state index in [1.54, 1.807) is 6.92 Å². The highest BCUT2D eigenvalue weighted by Gasteiger charge is 2.60. The minimum atomic E-state index is -3.92. The third-order valence-electron chi connectivity index (χ3n) is 4.45. The third kappa shape index (κ3) is 3.15. The van der Waals surface area contributed by atoms with E-state index in [0.717, 1.165) is 6.42 Å². The second-order valence-electron chi connectivity index (χ2n) is 5.97. The van der Waals surface area contributed by atoms with Crippen molar-refractivity contribution in [1.82, 2.24) is 0 Å². The summed E-state index contributed by atoms with van der Waals surface area (Å²) in [6.45, 7) is 3.71. The maximum atomic E-state index is 12.3. The molecule has 0 radical (unpaired) electrons. The van der Waals surface area contributed by atoms with Crippen LogP contribution in [0.2, 0.25) is 0 Å². The van der Waals surface area contributed by atoms with Crippen molar-refractivity contribution in [3.05, 3.63) is 0 Å². The molecule has 1 N–H and O–H groups in total. The van der Waals surface area contributed by atoms with Crippen molar-refractivity contribution in [2.45, 2.75) is 69.2 Å². The molecule has 0 amide bonds. The van der Waals surface area contributed by atoms with Crippen LogP contribution in [0.3, 0.4) is 0 Å². The van der Waals surface area contributed by atoms with E-state index in [4.69, 9.17) is 13.7 Å². The first kappa shape index (κ1) is 17.7. The van der Waals surface area contributed by atoms with Gasteiger partial charge in [0.2, 0.25) is 0 Å². The molecule has 0 unspecified atom stereocenters. The lowest BCUT2D eigenvalue weighted by Crippen LogP contribution is -2.52. The molecule has 0 saturated carbocycles. The summed E-state index contributed by atoms with van der Waals surface area (Å²) in [5.41, 5.74) is 0. The minimum absolute atomic E-state index is 0.0330. The second kappa shape index (κ2) is 6.43. The molecule has 0 aliphatic carbocycles. The molecule has 0 aromatic heterocycles. The largest absolute Gasteiger partial charge is 0.469 e. The van der Waals surface area contributed by atoms with E-state index in [1.165, 1.54) is 7.11 Å². The Balaban J connectivity index is 2.24. The lowest BCUT2D eigenvalue weighted by atomic mass is 9.95. The number of carbonyl (C=O) groups excluding carboxylic acids is 1. The number of esters is 1. The Morgan fingerprint density at radius 3 is 2.68 bits per heavy atom. The molecule has 2 heterocycles. The van der Waals surface area contributed by atoms with Gasteiger partial charge in [-0.25, -0.2) is 0 Å². The van der Waals surface area contributed by atoms with E-state index >= 15 is 0 Å². The van der Waals surface area contributed by atoms with Gasteiger partial charge in [0.25, 0.3) is 10.1 Å². The summed E-state index contributed by atoms with van der Waals surface area (Å²) in [4.78, 5) is 11.8. The van der Waals surface area contributed by atoms with Crippen molar-refractivity contribution >= 4 is 16.1 Å². The van der Waals surface area contributed by atoms with Crippen LogP contribution >= 0.6 is 0 Å². The van der Waals surface area contributed by atoms with Crippen molar-refractivity contribution in [3.8, 4) is 0 Å². The summed E-state index contributed by atoms with van der Waals surface area (Å²) >= 11 is 0. The monoisotopic (exact) mass is 336 g/mol. The molecule has 7 nitrogen and oxygen atoms in total. The summed E-state index contributed by atoms with van der Waals surface area (Å²) in [6, 6.07) is 0. The van der Waals surface area contributed by atoms with Crippen LogP contribution in [0.15, 0.2) is 0 Å². The molecular weight excluding hydrogens is 312 g/mol. The molecule has 2 aliphatic heterocycles. The average Bonchev–Trinajstić information content (AvgIpc) is 2.77. The summed E-state index contributed by atoms with van der Waals surface area (Å²) in [6.07, 6.45) is 0.559. The highest BCUT2D eigenvalue weighted by atomic mass is 32.2. The van der Waals surface area contributed by atoms with Crippen LogP contribution < -0.4 is 0 Å². The number of hydrogen-bond donors (Lipinski definition) is 1. The summed E-state index contributed by atoms with van der Waals surface area (Å²) < 4.78 is 40.1. The zero-order chi connectivity index (χ0) is 16.5. The molecule has 8 heteroatoms. The van der Waals surface area contributed by atoms with E-state index in [2.05, 4.69) is 0 Å². The van der Waals surface area contributed by atoms with Gasteiger partial charge in [0.15, 0.2) is 5.79 Å². The standard InChI is InChI=1S/C14H24O7S/c1-4-6-9-8-14(16)12(22(17,18)21-9)7-11(20-14)10(5-2)13(15)19-3/h9-12,16H,4-8H2,1-3H3/t9-,10+,11+,12-,14-/m0/s1. The number of fused-ring (bicyclic) bond motifs is 1. The van der Waals surface area contributed by atoms with Crippen LogP contribution in [0.1, 0.15) is 46.0 Å². The first-order chi connectivity index (χ1) is 10.3. The normalized spacial score (nSPS) is 38.3. The van der Waals surface area contributed by atoms with Crippen molar-refractivity contribution in [2.75, 3.05) is 7.11 Å². The van der Waals surface area contributed by atoms with Gasteiger partial charge < -0.3 is 14.6 Å². The topological polar surface area (TPSA) is 99.1 Å². The SMILES string of the molecule is CCC[C@H]1C[C@]2(O)O[C@@H]([C@@H](CC)C(=O)OC)C[C@@H]2S(=O)(=O)O1. The fraction of sp³-hybridized carbons (Fsp3) is 0.929. The lowest BCUT2D eigenvalue weighted by Gasteiger charge is -2.37. The van der Waals surface area contributed by atoms with E-state index in [-0.39, 0.29) is 12.8 Å². The zero-order valence-corrected chi connectivity index (χ0v) is 14.0. The van der Waals surface area contributed by atoms with Crippen LogP contribution in [0, 0.1) is 5.92 Å². The zero-order valence-electron chi connectivity index (χ0n) is 13.1. The Hall–Kier alpha value is -0.700. The highest BCUT2D eigenvalue weighted by Crippen LogP contribution is 2.45. The summed E-state index contributed by atoms with van der Waals surface area (Å²) in [5, 5.41) is 9.52. The first-order valence-corrected chi connectivity index (χ1v) is 9.14. The Labute approximate surface area is 131 Å². The van der Waals surface area contributed by atoms with Crippen molar-refractivity contribution in [1.29, 1.82) is 0 Å². The van der Waals surface area contributed by atoms with Crippen LogP contribution in [0.25, 0.3) is 0 Å². The molecule has 2 saturated heterocycles. The predicted molar refractivity (Wildman–Crippen MR) is 77.3 cm³/mol. The Kier molecular flexibility index (Phi) is 5.16. The number of hydrogen-bond acceptors (Lipinski definition) is 7. The lowest BCUT2D eigenvalue weighted by molar-refractivity contribution is -0.220. The van der Waals surface area contributed by atoms with Crippen LogP contribution in [0.4, 0.5) is 0 Å². The molecule has 0 aromatic rings. The molecule has 5 atom stereocenters. The van der Waals surface area contributed by atoms with Gasteiger partial charge in [-0.1, -0.05) is 20.3 Å². The maximum Gasteiger partial charge on any atom is 0.311 e. The van der Waals surface area contributed by atoms with Crippen LogP contribution in [-0.2, 0) is 28.6 Å². The van der Waals surface area contributed by atoms with Gasteiger partial charge in [0, 0.05) is 6.42 Å². The van der Waals surface area contributed by atoms with Crippen molar-refractivity contribution < 1.29 is 32.0 Å². The Morgan fingerprint density at radius 1 is 1.45 bits per heavy atom. The van der Waals surface area contributed by atoms with Crippen molar-refractivity contribution in [2.24, 2.45) is 5.92 Å². The number of carbonyl (C=O) groups is 1. The minimum Gasteiger partial charge on any atom is -0.469 e. The Morgan fingerprint density at radius 2 is 2.14 bits per heavy atom. The van der Waals surface area contributed by atoms with Gasteiger partial charge in [-0.15, -0.1) is 0 Å². The Bertz CT molecular complexity index is 517. The van der Waals surface area contributed by atoms with Gasteiger partial charge in [-0.2, -0.15) is 8.42 Å². The number of aliphatic hydroxyl groups is 1. The van der Waals surface area contributed by atoms with E-state index in [1.807, 2.05) is 6.92 Å². The van der Waals surface area contributed by atoms with Crippen molar-refractivity contribution in [3.63, 3.8) is 0 Å². The van der Waals surface area contributed by atoms with Gasteiger partial charge in [-0.05, 0) is 19.3 Å². The van der Waals surface area contributed by atoms with E-state index in [0.29, 0.717) is 12.8 Å². The number of rotatable bonds is 5. The third-order valence-corrected chi connectivity index (χ3v) is 6.25. The van der Waals surface area contributed by atoms with E-state index < -0.39 is 45.3 Å². The summed E-state index contributed by atoms with van der Waals surface area (Å²) in [5.74, 6) is -2.85. The summed E-state index contributed by atoms with van der Waals surface area (Å²) in [7, 11) is -2.65. The smallest absolute Gasteiger partial charge is 0.311 e. The van der Waals surface area contributed by atoms with Gasteiger partial charge in [0.05, 0.1) is 25.2 Å². The van der Waals surface area contributed by atoms with Gasteiger partial charge >= 0.3 is 5.97 Å². The number of ether oxygens (including phenoxy) is 2. The molecule has 0 aromatic carbocycles. The molecular formula is C14H24O7S. The maximum absolute atomic E-state index is 12.3. The quantitative estimate of drug-likeness (QED) is 0.589. The fourth-order valence-electron chi connectivity index (χ4n) is 3.37. The molecule has 0 spiro atoms. The molecule has 0 bridgehead atoms. The second-order valence-corrected chi connectivity index (χ2v) is 7.71. The van der Waals surface area contributed by atoms with Gasteiger partial charge in [-0.3, -0.25) is 8.98 Å². The first-order valence-electron chi connectivity index (χ1n) is 7.67. The molecule has 128 valence electrons. The molecule has 2 fully saturated rings. The number of methoxy groups -OCH3 is 1. The average molecular weight is 336 g/mol. The molecule has 22 heavy (non-hydrogen) atoms. The highest BCUT2D eigenvalue weighted by molar-refractivity contribution is 7.87. The van der Waals surface area contributed by atoms with Crippen LogP contribution in [-0.4, -0.2) is 49.8 Å². The fourth-order valence-corrected chi connectivity index (χ4v) is 5.08.